The Hall–Kier alpha value is -2.96. The number of hydrogen-bond acceptors (Lipinski definition) is 3. The van der Waals surface area contributed by atoms with Crippen molar-refractivity contribution >= 4 is 11.8 Å². The maximum absolute atomic E-state index is 12.9. The number of fused-ring (bicyclic) bond motifs is 1. The van der Waals surface area contributed by atoms with Crippen LogP contribution in [-0.2, 0) is 17.8 Å². The molecule has 1 aliphatic heterocycles. The number of carbonyl (C=O) groups is 2. The second-order valence-corrected chi connectivity index (χ2v) is 5.94. The topological polar surface area (TPSA) is 58.6 Å². The lowest BCUT2D eigenvalue weighted by Gasteiger charge is -2.35. The summed E-state index contributed by atoms with van der Waals surface area (Å²) in [4.78, 5) is 26.7. The first kappa shape index (κ1) is 17.8. The first-order valence-electron chi connectivity index (χ1n) is 8.14. The van der Waals surface area contributed by atoms with E-state index in [0.717, 1.165) is 11.1 Å². The van der Waals surface area contributed by atoms with Gasteiger partial charge in [0.2, 0.25) is 5.91 Å². The van der Waals surface area contributed by atoms with E-state index < -0.39 is 12.7 Å². The molecular weight excluding hydrogens is 342 g/mol. The van der Waals surface area contributed by atoms with E-state index in [0.29, 0.717) is 18.5 Å². The Balaban J connectivity index is 1.87. The fourth-order valence-electron chi connectivity index (χ4n) is 3.08. The highest BCUT2D eigenvalue weighted by Gasteiger charge is 2.34. The maximum atomic E-state index is 12.9. The highest BCUT2D eigenvalue weighted by Crippen LogP contribution is 2.26. The molecule has 136 valence electrons. The molecule has 0 saturated heterocycles. The molecule has 1 aliphatic rings. The number of alkyl halides is 2. The largest absolute Gasteiger partial charge is 0.435 e. The molecule has 1 heterocycles. The minimum Gasteiger partial charge on any atom is -0.435 e. The van der Waals surface area contributed by atoms with Crippen molar-refractivity contribution in [1.29, 1.82) is 0 Å². The fraction of sp³-hybridized carbons (Fsp3) is 0.263. The molecule has 0 spiro atoms. The van der Waals surface area contributed by atoms with Crippen LogP contribution in [0.15, 0.2) is 48.5 Å². The van der Waals surface area contributed by atoms with Crippen molar-refractivity contribution in [1.82, 2.24) is 10.2 Å². The van der Waals surface area contributed by atoms with Crippen LogP contribution in [0.25, 0.3) is 0 Å². The molecule has 0 radical (unpaired) electrons. The highest BCUT2D eigenvalue weighted by atomic mass is 19.3. The summed E-state index contributed by atoms with van der Waals surface area (Å²) in [5, 5.41) is 2.60. The van der Waals surface area contributed by atoms with Crippen molar-refractivity contribution in [2.24, 2.45) is 0 Å². The SMILES string of the molecule is CNC(=O)[C@@H]1Cc2ccccc2CN1C(=O)c1ccc(OC(F)F)cc1. The third-order valence-electron chi connectivity index (χ3n) is 4.38. The summed E-state index contributed by atoms with van der Waals surface area (Å²) < 4.78 is 28.8. The Morgan fingerprint density at radius 2 is 1.77 bits per heavy atom. The number of rotatable bonds is 4. The summed E-state index contributed by atoms with van der Waals surface area (Å²) in [5.74, 6) is -0.606. The molecule has 0 saturated carbocycles. The molecule has 2 amide bonds. The monoisotopic (exact) mass is 360 g/mol. The second kappa shape index (κ2) is 7.51. The van der Waals surface area contributed by atoms with Crippen LogP contribution in [0.4, 0.5) is 8.78 Å². The van der Waals surface area contributed by atoms with Crippen LogP contribution in [0.1, 0.15) is 21.5 Å². The van der Waals surface area contributed by atoms with Crippen molar-refractivity contribution in [2.75, 3.05) is 7.05 Å². The lowest BCUT2D eigenvalue weighted by molar-refractivity contribution is -0.125. The molecule has 7 heteroatoms. The van der Waals surface area contributed by atoms with E-state index in [9.17, 15) is 18.4 Å². The number of benzene rings is 2. The number of nitrogens with zero attached hydrogens (tertiary/aromatic N) is 1. The van der Waals surface area contributed by atoms with Gasteiger partial charge < -0.3 is 15.0 Å². The smallest absolute Gasteiger partial charge is 0.387 e. The van der Waals surface area contributed by atoms with E-state index in [1.54, 1.807) is 0 Å². The van der Waals surface area contributed by atoms with Gasteiger partial charge in [0, 0.05) is 25.6 Å². The van der Waals surface area contributed by atoms with Crippen molar-refractivity contribution in [3.63, 3.8) is 0 Å². The molecule has 0 aromatic heterocycles. The molecule has 1 atom stereocenters. The summed E-state index contributed by atoms with van der Waals surface area (Å²) in [6, 6.07) is 12.5. The van der Waals surface area contributed by atoms with Crippen molar-refractivity contribution in [2.45, 2.75) is 25.6 Å². The zero-order valence-electron chi connectivity index (χ0n) is 14.1. The quantitative estimate of drug-likeness (QED) is 0.912. The predicted molar refractivity (Wildman–Crippen MR) is 90.9 cm³/mol. The van der Waals surface area contributed by atoms with Crippen LogP contribution in [0.3, 0.4) is 0 Å². The Kier molecular flexibility index (Phi) is 5.16. The number of amides is 2. The van der Waals surface area contributed by atoms with Crippen LogP contribution < -0.4 is 10.1 Å². The number of likely N-dealkylation sites (N-methyl/N-ethyl adjacent to an activating group) is 1. The maximum Gasteiger partial charge on any atom is 0.387 e. The zero-order valence-corrected chi connectivity index (χ0v) is 14.1. The fourth-order valence-corrected chi connectivity index (χ4v) is 3.08. The number of ether oxygens (including phenoxy) is 1. The summed E-state index contributed by atoms with van der Waals surface area (Å²) in [6.07, 6.45) is 0.425. The Morgan fingerprint density at radius 3 is 2.38 bits per heavy atom. The minimum absolute atomic E-state index is 0.0246. The van der Waals surface area contributed by atoms with Gasteiger partial charge in [0.1, 0.15) is 11.8 Å². The lowest BCUT2D eigenvalue weighted by atomic mass is 9.93. The van der Waals surface area contributed by atoms with E-state index in [-0.39, 0.29) is 17.6 Å². The van der Waals surface area contributed by atoms with Gasteiger partial charge in [-0.3, -0.25) is 9.59 Å². The molecular formula is C19H18F2N2O3. The summed E-state index contributed by atoms with van der Waals surface area (Å²) in [5.41, 5.74) is 2.32. The van der Waals surface area contributed by atoms with Gasteiger partial charge in [0.15, 0.2) is 0 Å². The zero-order chi connectivity index (χ0) is 18.7. The van der Waals surface area contributed by atoms with Crippen molar-refractivity contribution in [3.8, 4) is 5.75 Å². The first-order chi connectivity index (χ1) is 12.5. The molecule has 3 rings (SSSR count). The van der Waals surface area contributed by atoms with Gasteiger partial charge >= 0.3 is 6.61 Å². The van der Waals surface area contributed by atoms with Crippen LogP contribution >= 0.6 is 0 Å². The number of halogens is 2. The normalized spacial score (nSPS) is 16.2. The number of carbonyl (C=O) groups excluding carboxylic acids is 2. The van der Waals surface area contributed by atoms with Crippen molar-refractivity contribution < 1.29 is 23.1 Å². The van der Waals surface area contributed by atoms with Gasteiger partial charge in [-0.1, -0.05) is 24.3 Å². The van der Waals surface area contributed by atoms with Crippen molar-refractivity contribution in [3.05, 3.63) is 65.2 Å². The number of hydrogen-bond donors (Lipinski definition) is 1. The van der Waals surface area contributed by atoms with E-state index in [4.69, 9.17) is 0 Å². The third-order valence-corrected chi connectivity index (χ3v) is 4.38. The standard InChI is InChI=1S/C19H18F2N2O3/c1-22-17(24)16-10-13-4-2-3-5-14(13)11-23(16)18(25)12-6-8-15(9-7-12)26-19(20)21/h2-9,16,19H,10-11H2,1H3,(H,22,24)/t16-/m0/s1. The highest BCUT2D eigenvalue weighted by molar-refractivity contribution is 5.98. The van der Waals surface area contributed by atoms with Crippen LogP contribution in [0.5, 0.6) is 5.75 Å². The van der Waals surface area contributed by atoms with E-state index in [1.807, 2.05) is 24.3 Å². The van der Waals surface area contributed by atoms with Gasteiger partial charge in [-0.15, -0.1) is 0 Å². The van der Waals surface area contributed by atoms with Gasteiger partial charge in [-0.25, -0.2) is 0 Å². The first-order valence-corrected chi connectivity index (χ1v) is 8.14. The molecule has 2 aromatic carbocycles. The van der Waals surface area contributed by atoms with Crippen LogP contribution in [0.2, 0.25) is 0 Å². The predicted octanol–water partition coefficient (Wildman–Crippen LogP) is 2.60. The summed E-state index contributed by atoms with van der Waals surface area (Å²) in [6.45, 7) is -2.62. The molecule has 5 nitrogen and oxygen atoms in total. The molecule has 0 aliphatic carbocycles. The average Bonchev–Trinajstić information content (AvgIpc) is 2.66. The van der Waals surface area contributed by atoms with Gasteiger partial charge in [0.05, 0.1) is 0 Å². The Bertz CT molecular complexity index is 809. The Morgan fingerprint density at radius 1 is 1.12 bits per heavy atom. The lowest BCUT2D eigenvalue weighted by Crippen LogP contribution is -2.51. The third kappa shape index (κ3) is 3.66. The molecule has 0 bridgehead atoms. The summed E-state index contributed by atoms with van der Waals surface area (Å²) in [7, 11) is 1.53. The molecule has 26 heavy (non-hydrogen) atoms. The van der Waals surface area contributed by atoms with Crippen LogP contribution in [-0.4, -0.2) is 36.4 Å². The van der Waals surface area contributed by atoms with Crippen LogP contribution in [0, 0.1) is 0 Å². The average molecular weight is 360 g/mol. The Labute approximate surface area is 149 Å². The second-order valence-electron chi connectivity index (χ2n) is 5.94. The molecule has 0 unspecified atom stereocenters. The molecule has 1 N–H and O–H groups in total. The number of nitrogens with one attached hydrogen (secondary N) is 1. The molecule has 0 fully saturated rings. The minimum atomic E-state index is -2.92. The van der Waals surface area contributed by atoms with E-state index in [1.165, 1.54) is 36.2 Å². The van der Waals surface area contributed by atoms with Gasteiger partial charge in [0.25, 0.3) is 5.91 Å². The summed E-state index contributed by atoms with van der Waals surface area (Å²) >= 11 is 0. The van der Waals surface area contributed by atoms with E-state index >= 15 is 0 Å². The van der Waals surface area contributed by atoms with E-state index in [2.05, 4.69) is 10.1 Å². The molecule has 2 aromatic rings. The van der Waals surface area contributed by atoms with Gasteiger partial charge in [-0.2, -0.15) is 8.78 Å². The van der Waals surface area contributed by atoms with Gasteiger partial charge in [-0.05, 0) is 35.4 Å².